The molecular formula is C8H8I2O4. The molecule has 1 aromatic carbocycles. The first-order valence-electron chi connectivity index (χ1n) is 3.67. The van der Waals surface area contributed by atoms with Crippen LogP contribution < -0.4 is 0 Å². The van der Waals surface area contributed by atoms with Crippen LogP contribution in [0.3, 0.4) is 0 Å². The normalized spacial score (nSPS) is 12.9. The van der Waals surface area contributed by atoms with Gasteiger partial charge in [0.1, 0.15) is 0 Å². The summed E-state index contributed by atoms with van der Waals surface area (Å²) in [4.78, 5) is 0. The Kier molecular flexibility index (Phi) is 3.69. The number of phenols is 3. The van der Waals surface area contributed by atoms with Crippen LogP contribution in [0.1, 0.15) is 18.6 Å². The molecule has 78 valence electrons. The number of aromatic hydroxyl groups is 3. The summed E-state index contributed by atoms with van der Waals surface area (Å²) in [6.07, 6.45) is -0.814. The standard InChI is InChI=1S/C8H8I2O4/c1-2(11)3-4(9)6(12)8(14)7(13)5(3)10/h2,11-14H,1H3. The molecule has 0 bridgehead atoms. The van der Waals surface area contributed by atoms with E-state index >= 15 is 0 Å². The van der Waals surface area contributed by atoms with E-state index in [0.717, 1.165) is 0 Å². The number of phenolic OH excluding ortho intramolecular Hbond substituents is 3. The number of aliphatic hydroxyl groups excluding tert-OH is 1. The molecule has 0 aliphatic carbocycles. The first-order chi connectivity index (χ1) is 6.37. The van der Waals surface area contributed by atoms with Gasteiger partial charge in [-0.1, -0.05) is 0 Å². The molecule has 4 N–H and O–H groups in total. The number of hydrogen-bond donors (Lipinski definition) is 4. The molecular weight excluding hydrogens is 414 g/mol. The van der Waals surface area contributed by atoms with Gasteiger partial charge in [0.2, 0.25) is 5.75 Å². The molecule has 0 spiro atoms. The predicted molar refractivity (Wildman–Crippen MR) is 67.5 cm³/mol. The molecule has 14 heavy (non-hydrogen) atoms. The molecule has 1 atom stereocenters. The molecule has 0 amide bonds. The van der Waals surface area contributed by atoms with Gasteiger partial charge in [-0.25, -0.2) is 0 Å². The second-order valence-electron chi connectivity index (χ2n) is 2.76. The molecule has 6 heteroatoms. The molecule has 0 heterocycles. The van der Waals surface area contributed by atoms with Crippen molar-refractivity contribution in [3.8, 4) is 17.2 Å². The molecule has 0 saturated carbocycles. The van der Waals surface area contributed by atoms with E-state index in [9.17, 15) is 20.4 Å². The average molecular weight is 422 g/mol. The van der Waals surface area contributed by atoms with Crippen LogP contribution in [-0.2, 0) is 0 Å². The molecule has 0 fully saturated rings. The summed E-state index contributed by atoms with van der Waals surface area (Å²) in [5, 5.41) is 37.5. The van der Waals surface area contributed by atoms with Crippen LogP contribution in [0.15, 0.2) is 0 Å². The van der Waals surface area contributed by atoms with Crippen molar-refractivity contribution in [2.45, 2.75) is 13.0 Å². The lowest BCUT2D eigenvalue weighted by Gasteiger charge is -2.14. The zero-order chi connectivity index (χ0) is 11.0. The molecule has 0 aliphatic rings. The maximum Gasteiger partial charge on any atom is 0.202 e. The van der Waals surface area contributed by atoms with Crippen molar-refractivity contribution < 1.29 is 20.4 Å². The van der Waals surface area contributed by atoms with E-state index in [1.807, 2.05) is 0 Å². The lowest BCUT2D eigenvalue weighted by atomic mass is 10.1. The van der Waals surface area contributed by atoms with Crippen molar-refractivity contribution in [2.24, 2.45) is 0 Å². The Morgan fingerprint density at radius 3 is 1.57 bits per heavy atom. The summed E-state index contributed by atoms with van der Waals surface area (Å²) in [6.45, 7) is 1.52. The zero-order valence-corrected chi connectivity index (χ0v) is 11.4. The Bertz CT molecular complexity index is 347. The fourth-order valence-electron chi connectivity index (χ4n) is 1.04. The van der Waals surface area contributed by atoms with Crippen LogP contribution in [0.5, 0.6) is 17.2 Å². The fourth-order valence-corrected chi connectivity index (χ4v) is 3.51. The first kappa shape index (κ1) is 12.1. The second kappa shape index (κ2) is 4.27. The van der Waals surface area contributed by atoms with E-state index < -0.39 is 23.4 Å². The van der Waals surface area contributed by atoms with Crippen LogP contribution in [0.2, 0.25) is 0 Å². The van der Waals surface area contributed by atoms with Crippen LogP contribution in [0.4, 0.5) is 0 Å². The Balaban J connectivity index is 3.60. The van der Waals surface area contributed by atoms with E-state index in [1.165, 1.54) is 6.92 Å². The van der Waals surface area contributed by atoms with E-state index in [1.54, 1.807) is 45.2 Å². The maximum absolute atomic E-state index is 9.41. The summed E-state index contributed by atoms with van der Waals surface area (Å²) in [5.41, 5.74) is 0.416. The van der Waals surface area contributed by atoms with Crippen molar-refractivity contribution in [1.29, 1.82) is 0 Å². The van der Waals surface area contributed by atoms with E-state index in [0.29, 0.717) is 12.7 Å². The Morgan fingerprint density at radius 1 is 0.929 bits per heavy atom. The minimum Gasteiger partial charge on any atom is -0.503 e. The molecule has 4 nitrogen and oxygen atoms in total. The third kappa shape index (κ3) is 1.87. The van der Waals surface area contributed by atoms with Gasteiger partial charge in [0.15, 0.2) is 11.5 Å². The van der Waals surface area contributed by atoms with Gasteiger partial charge in [-0.15, -0.1) is 0 Å². The van der Waals surface area contributed by atoms with Gasteiger partial charge >= 0.3 is 0 Å². The third-order valence-electron chi connectivity index (χ3n) is 1.76. The van der Waals surface area contributed by atoms with E-state index in [-0.39, 0.29) is 0 Å². The summed E-state index contributed by atoms with van der Waals surface area (Å²) in [6, 6.07) is 0. The minimum atomic E-state index is -0.814. The molecule has 1 unspecified atom stereocenters. The monoisotopic (exact) mass is 422 g/mol. The highest BCUT2D eigenvalue weighted by molar-refractivity contribution is 14.1. The van der Waals surface area contributed by atoms with E-state index in [4.69, 9.17) is 0 Å². The number of hydrogen-bond acceptors (Lipinski definition) is 4. The van der Waals surface area contributed by atoms with E-state index in [2.05, 4.69) is 0 Å². The van der Waals surface area contributed by atoms with Crippen LogP contribution in [0, 0.1) is 7.14 Å². The van der Waals surface area contributed by atoms with Crippen molar-refractivity contribution in [3.63, 3.8) is 0 Å². The Labute approximate surface area is 108 Å². The minimum absolute atomic E-state index is 0.345. The maximum atomic E-state index is 9.41. The molecule has 1 rings (SSSR count). The van der Waals surface area contributed by atoms with Gasteiger partial charge in [-0.2, -0.15) is 0 Å². The summed E-state index contributed by atoms with van der Waals surface area (Å²) in [7, 11) is 0. The predicted octanol–water partition coefficient (Wildman–Crippen LogP) is 2.07. The Morgan fingerprint density at radius 2 is 1.29 bits per heavy atom. The quantitative estimate of drug-likeness (QED) is 0.413. The number of benzene rings is 1. The summed E-state index contributed by atoms with van der Waals surface area (Å²) >= 11 is 3.60. The van der Waals surface area contributed by atoms with Crippen LogP contribution in [-0.4, -0.2) is 20.4 Å². The molecule has 0 saturated heterocycles. The Hall–Kier alpha value is 0.0400. The fraction of sp³-hybridized carbons (Fsp3) is 0.250. The van der Waals surface area contributed by atoms with Gasteiger partial charge in [-0.3, -0.25) is 0 Å². The highest BCUT2D eigenvalue weighted by Crippen LogP contribution is 2.45. The smallest absolute Gasteiger partial charge is 0.202 e. The van der Waals surface area contributed by atoms with Crippen molar-refractivity contribution in [3.05, 3.63) is 12.7 Å². The highest BCUT2D eigenvalue weighted by Gasteiger charge is 2.22. The zero-order valence-electron chi connectivity index (χ0n) is 7.12. The van der Waals surface area contributed by atoms with Crippen LogP contribution >= 0.6 is 45.2 Å². The average Bonchev–Trinajstić information content (AvgIpc) is 2.11. The van der Waals surface area contributed by atoms with Crippen molar-refractivity contribution >= 4 is 45.2 Å². The summed E-state index contributed by atoms with van der Waals surface area (Å²) in [5.74, 6) is -1.36. The number of halogens is 2. The van der Waals surface area contributed by atoms with Gasteiger partial charge in [0.05, 0.1) is 13.2 Å². The lowest BCUT2D eigenvalue weighted by Crippen LogP contribution is -1.99. The van der Waals surface area contributed by atoms with Gasteiger partial charge in [-0.05, 0) is 52.1 Å². The third-order valence-corrected chi connectivity index (χ3v) is 3.94. The van der Waals surface area contributed by atoms with Gasteiger partial charge in [0, 0.05) is 5.56 Å². The topological polar surface area (TPSA) is 80.9 Å². The van der Waals surface area contributed by atoms with Crippen molar-refractivity contribution in [2.75, 3.05) is 0 Å². The molecule has 1 aromatic rings. The SMILES string of the molecule is CC(O)c1c(I)c(O)c(O)c(O)c1I. The number of aliphatic hydroxyl groups is 1. The first-order valence-corrected chi connectivity index (χ1v) is 5.83. The van der Waals surface area contributed by atoms with Crippen molar-refractivity contribution in [1.82, 2.24) is 0 Å². The lowest BCUT2D eigenvalue weighted by molar-refractivity contribution is 0.196. The molecule has 0 aliphatic heterocycles. The van der Waals surface area contributed by atoms with Crippen LogP contribution in [0.25, 0.3) is 0 Å². The molecule has 0 aromatic heterocycles. The molecule has 0 radical (unpaired) electrons. The highest BCUT2D eigenvalue weighted by atomic mass is 127. The number of rotatable bonds is 1. The second-order valence-corrected chi connectivity index (χ2v) is 4.92. The largest absolute Gasteiger partial charge is 0.503 e. The van der Waals surface area contributed by atoms with Gasteiger partial charge in [0.25, 0.3) is 0 Å². The summed E-state index contributed by atoms with van der Waals surface area (Å²) < 4.78 is 0.689. The van der Waals surface area contributed by atoms with Gasteiger partial charge < -0.3 is 20.4 Å².